The summed E-state index contributed by atoms with van der Waals surface area (Å²) in [5, 5.41) is 0.686. The van der Waals surface area contributed by atoms with Gasteiger partial charge in [0.25, 0.3) is 5.91 Å². The minimum absolute atomic E-state index is 0.153. The molecular formula is C29H25IN2O3S. The van der Waals surface area contributed by atoms with Crippen molar-refractivity contribution in [1.82, 2.24) is 4.90 Å². The van der Waals surface area contributed by atoms with Gasteiger partial charge in [0.2, 0.25) is 0 Å². The summed E-state index contributed by atoms with van der Waals surface area (Å²) in [6.07, 6.45) is 0.0872. The molecule has 3 aromatic rings. The number of fused-ring (bicyclic) bond motifs is 1. The molecule has 0 radical (unpaired) electrons. The third-order valence-corrected chi connectivity index (χ3v) is 8.52. The highest BCUT2D eigenvalue weighted by Crippen LogP contribution is 2.43. The first-order chi connectivity index (χ1) is 17.6. The fourth-order valence-electron chi connectivity index (χ4n) is 4.48. The molecule has 2 heterocycles. The van der Waals surface area contributed by atoms with Gasteiger partial charge in [-0.2, -0.15) is 0 Å². The average Bonchev–Trinajstić information content (AvgIpc) is 3.29. The first-order valence-corrected chi connectivity index (χ1v) is 14.1. The van der Waals surface area contributed by atoms with E-state index < -0.39 is 24.2 Å². The number of amides is 1. The number of halogens is 1. The smallest absolute Gasteiger partial charge is 0.334 e. The summed E-state index contributed by atoms with van der Waals surface area (Å²) in [6.45, 7) is 4.14. The number of esters is 1. The van der Waals surface area contributed by atoms with E-state index in [2.05, 4.69) is 34.2 Å². The topological polar surface area (TPSA) is 59.0 Å². The Morgan fingerprint density at radius 3 is 2.08 bits per heavy atom. The molecule has 0 aromatic heterocycles. The molecule has 2 aliphatic heterocycles. The Balaban J connectivity index is 1.37. The van der Waals surface area contributed by atoms with Crippen molar-refractivity contribution in [3.05, 3.63) is 120 Å². The number of carbonyl (C=O) groups is 2. The van der Waals surface area contributed by atoms with E-state index in [4.69, 9.17) is 4.74 Å². The van der Waals surface area contributed by atoms with Crippen LogP contribution in [-0.2, 0) is 20.7 Å². The van der Waals surface area contributed by atoms with E-state index in [0.29, 0.717) is 16.4 Å². The summed E-state index contributed by atoms with van der Waals surface area (Å²) in [4.78, 5) is 33.2. The molecule has 36 heavy (non-hydrogen) atoms. The Morgan fingerprint density at radius 1 is 0.972 bits per heavy atom. The summed E-state index contributed by atoms with van der Waals surface area (Å²) in [5.41, 5.74) is 3.52. The van der Waals surface area contributed by atoms with Crippen molar-refractivity contribution in [2.75, 3.05) is 4.43 Å². The summed E-state index contributed by atoms with van der Waals surface area (Å²) < 4.78 is 6.67. The molecule has 1 fully saturated rings. The van der Waals surface area contributed by atoms with Gasteiger partial charge in [0.05, 0.1) is 5.04 Å². The van der Waals surface area contributed by atoms with Gasteiger partial charge in [0.15, 0.2) is 18.2 Å². The second kappa shape index (κ2) is 11.0. The predicted octanol–water partition coefficient (Wildman–Crippen LogP) is 5.60. The first-order valence-electron chi connectivity index (χ1n) is 11.7. The van der Waals surface area contributed by atoms with Crippen LogP contribution >= 0.6 is 34.4 Å². The predicted molar refractivity (Wildman–Crippen MR) is 152 cm³/mol. The molecule has 1 saturated heterocycles. The zero-order valence-electron chi connectivity index (χ0n) is 19.5. The summed E-state index contributed by atoms with van der Waals surface area (Å²) in [7, 11) is 0. The molecule has 0 spiro atoms. The van der Waals surface area contributed by atoms with Crippen LogP contribution in [0.15, 0.2) is 108 Å². The molecular weight excluding hydrogens is 583 g/mol. The molecule has 7 heteroatoms. The lowest BCUT2D eigenvalue weighted by Crippen LogP contribution is -2.66. The minimum Gasteiger partial charge on any atom is -0.451 e. The average molecular weight is 609 g/mol. The van der Waals surface area contributed by atoms with Gasteiger partial charge in [-0.05, 0) is 22.3 Å². The number of likely N-dealkylation sites (tertiary alicyclic amines) is 1. The number of hydrogen-bond donors (Lipinski definition) is 0. The summed E-state index contributed by atoms with van der Waals surface area (Å²) in [6, 6.07) is 28.1. The number of aliphatic imine (C=N–C) groups is 1. The first kappa shape index (κ1) is 24.8. The molecule has 3 unspecified atom stereocenters. The molecule has 5 nitrogen and oxygen atoms in total. The summed E-state index contributed by atoms with van der Waals surface area (Å²) >= 11 is 3.73. The van der Waals surface area contributed by atoms with E-state index in [9.17, 15) is 9.59 Å². The molecule has 3 aromatic carbocycles. The van der Waals surface area contributed by atoms with Crippen molar-refractivity contribution in [3.8, 4) is 0 Å². The Labute approximate surface area is 228 Å². The molecule has 5 rings (SSSR count). The third kappa shape index (κ3) is 4.99. The normalized spacial score (nSPS) is 19.3. The zero-order chi connectivity index (χ0) is 25.1. The van der Waals surface area contributed by atoms with Gasteiger partial charge in [-0.15, -0.1) is 0 Å². The van der Waals surface area contributed by atoms with Crippen LogP contribution in [0, 0.1) is 0 Å². The maximum absolute atomic E-state index is 13.7. The van der Waals surface area contributed by atoms with Crippen LogP contribution in [0.25, 0.3) is 0 Å². The van der Waals surface area contributed by atoms with E-state index in [1.54, 1.807) is 16.7 Å². The van der Waals surface area contributed by atoms with Crippen LogP contribution in [0.5, 0.6) is 0 Å². The van der Waals surface area contributed by atoms with Crippen LogP contribution in [0.1, 0.15) is 22.8 Å². The van der Waals surface area contributed by atoms with Crippen molar-refractivity contribution in [1.29, 1.82) is 0 Å². The van der Waals surface area contributed by atoms with E-state index in [1.807, 2.05) is 91.0 Å². The van der Waals surface area contributed by atoms with E-state index >= 15 is 0 Å². The molecule has 0 N–H and O–H groups in total. The van der Waals surface area contributed by atoms with Crippen molar-refractivity contribution in [2.24, 2.45) is 4.99 Å². The van der Waals surface area contributed by atoms with Crippen LogP contribution < -0.4 is 0 Å². The van der Waals surface area contributed by atoms with Gasteiger partial charge >= 0.3 is 5.97 Å². The van der Waals surface area contributed by atoms with Gasteiger partial charge < -0.3 is 9.64 Å². The van der Waals surface area contributed by atoms with Crippen molar-refractivity contribution >= 4 is 51.3 Å². The Kier molecular flexibility index (Phi) is 7.57. The fourth-order valence-corrected chi connectivity index (χ4v) is 6.25. The lowest BCUT2D eigenvalue weighted by atomic mass is 9.98. The Morgan fingerprint density at radius 2 is 1.53 bits per heavy atom. The maximum atomic E-state index is 13.7. The van der Waals surface area contributed by atoms with Gasteiger partial charge in [0, 0.05) is 10.8 Å². The lowest BCUT2D eigenvalue weighted by molar-refractivity contribution is -0.163. The van der Waals surface area contributed by atoms with Gasteiger partial charge in [0.1, 0.15) is 5.37 Å². The fraction of sp³-hybridized carbons (Fsp3) is 0.207. The van der Waals surface area contributed by atoms with Crippen molar-refractivity contribution < 1.29 is 14.3 Å². The van der Waals surface area contributed by atoms with Crippen LogP contribution in [0.4, 0.5) is 0 Å². The highest BCUT2D eigenvalue weighted by atomic mass is 127. The number of rotatable bonds is 9. The number of alkyl halides is 1. The van der Waals surface area contributed by atoms with E-state index in [0.717, 1.165) is 21.7 Å². The van der Waals surface area contributed by atoms with Crippen molar-refractivity contribution in [2.45, 2.75) is 30.0 Å². The van der Waals surface area contributed by atoms with Gasteiger partial charge in [-0.1, -0.05) is 132 Å². The number of nitrogens with zero attached hydrogens (tertiary/aromatic N) is 2. The monoisotopic (exact) mass is 608 g/mol. The number of thioether (sulfide) groups is 1. The van der Waals surface area contributed by atoms with Crippen molar-refractivity contribution in [3.63, 3.8) is 0 Å². The third-order valence-electron chi connectivity index (χ3n) is 6.29. The zero-order valence-corrected chi connectivity index (χ0v) is 22.5. The number of ether oxygens (including phenoxy) is 1. The highest BCUT2D eigenvalue weighted by molar-refractivity contribution is 14.1. The molecule has 0 saturated carbocycles. The Hall–Kier alpha value is -2.91. The maximum Gasteiger partial charge on any atom is 0.334 e. The second-order valence-corrected chi connectivity index (χ2v) is 10.7. The van der Waals surface area contributed by atoms with Gasteiger partial charge in [-0.25, -0.2) is 4.79 Å². The molecule has 0 bridgehead atoms. The number of β-lactam (4-membered cyclic amide) rings is 1. The largest absolute Gasteiger partial charge is 0.451 e. The minimum atomic E-state index is -0.857. The Bertz CT molecular complexity index is 1240. The second-order valence-electron chi connectivity index (χ2n) is 8.72. The molecule has 182 valence electrons. The molecule has 2 aliphatic rings. The van der Waals surface area contributed by atoms with E-state index in [1.165, 1.54) is 0 Å². The SMILES string of the molecule is C=C(CI)C(C(=O)OC(c1ccccc1)c1ccccc1)N1C(=O)C2N=C(Cc3ccccc3)SC21. The highest BCUT2D eigenvalue weighted by Gasteiger charge is 2.56. The quantitative estimate of drug-likeness (QED) is 0.104. The van der Waals surface area contributed by atoms with Gasteiger partial charge in [-0.3, -0.25) is 9.79 Å². The van der Waals surface area contributed by atoms with Crippen LogP contribution in [0.2, 0.25) is 0 Å². The standard InChI is InChI=1S/C29H25IN2O3S/c1-19(18-30)25(29(34)35-26(21-13-7-3-8-14-21)22-15-9-4-10-16-22)32-27(33)24-28(32)36-23(31-24)17-20-11-5-2-6-12-20/h2-16,24-26,28H,1,17-18H2. The van der Waals surface area contributed by atoms with E-state index in [-0.39, 0.29) is 11.3 Å². The number of hydrogen-bond acceptors (Lipinski definition) is 5. The number of benzene rings is 3. The number of carbonyl (C=O) groups excluding carboxylic acids is 2. The molecule has 0 aliphatic carbocycles. The summed E-state index contributed by atoms with van der Waals surface area (Å²) in [5.74, 6) is -0.627. The molecule has 3 atom stereocenters. The lowest BCUT2D eigenvalue weighted by Gasteiger charge is -2.45. The van der Waals surface area contributed by atoms with Crippen LogP contribution in [0.3, 0.4) is 0 Å². The molecule has 1 amide bonds. The van der Waals surface area contributed by atoms with Crippen LogP contribution in [-0.4, -0.2) is 43.7 Å².